The number of piperazine rings is 1. The number of aryl methyl sites for hydroxylation is 2. The van der Waals surface area contributed by atoms with E-state index in [1.54, 1.807) is 0 Å². The van der Waals surface area contributed by atoms with E-state index in [-0.39, 0.29) is 5.63 Å². The zero-order chi connectivity index (χ0) is 21.7. The Hall–Kier alpha value is -3.19. The van der Waals surface area contributed by atoms with E-state index in [2.05, 4.69) is 39.7 Å². The quantitative estimate of drug-likeness (QED) is 0.507. The van der Waals surface area contributed by atoms with Crippen molar-refractivity contribution in [2.75, 3.05) is 31.1 Å². The van der Waals surface area contributed by atoms with Gasteiger partial charge in [0.2, 0.25) is 0 Å². The number of benzene rings is 1. The molecule has 0 radical (unpaired) electrons. The molecule has 0 unspecified atom stereocenters. The van der Waals surface area contributed by atoms with Crippen molar-refractivity contribution in [2.24, 2.45) is 0 Å². The molecule has 1 saturated heterocycles. The molecule has 0 spiro atoms. The predicted molar refractivity (Wildman–Crippen MR) is 123 cm³/mol. The van der Waals surface area contributed by atoms with E-state index in [1.165, 1.54) is 0 Å². The maximum Gasteiger partial charge on any atom is 0.344 e. The summed E-state index contributed by atoms with van der Waals surface area (Å²) in [5.41, 5.74) is 3.88. The fourth-order valence-electron chi connectivity index (χ4n) is 4.42. The first-order valence-electron chi connectivity index (χ1n) is 10.8. The lowest BCUT2D eigenvalue weighted by Crippen LogP contribution is -2.48. The third-order valence-electron chi connectivity index (χ3n) is 6.13. The average molecular weight is 418 g/mol. The lowest BCUT2D eigenvalue weighted by atomic mass is 10.1. The van der Waals surface area contributed by atoms with Gasteiger partial charge in [0.15, 0.2) is 11.4 Å². The second-order valence-corrected chi connectivity index (χ2v) is 8.61. The number of imidazole rings is 1. The van der Waals surface area contributed by atoms with Gasteiger partial charge in [-0.3, -0.25) is 9.88 Å². The van der Waals surface area contributed by atoms with Gasteiger partial charge in [0.05, 0.1) is 16.8 Å². The van der Waals surface area contributed by atoms with Crippen molar-refractivity contribution >= 4 is 22.1 Å². The first-order chi connectivity index (χ1) is 14.9. The van der Waals surface area contributed by atoms with Gasteiger partial charge in [0.1, 0.15) is 5.69 Å². The standard InChI is InChI=1S/C24H27N5O2/c1-15(2)27-7-9-28(10-8-27)19-6-5-18-11-22(31-24(30)20(18)12-19)21-14-29-13-16(3)25-17(4)23(29)26-21/h5-6,11-15H,7-10H2,1-4H3. The summed E-state index contributed by atoms with van der Waals surface area (Å²) in [6.07, 6.45) is 3.80. The van der Waals surface area contributed by atoms with Crippen LogP contribution < -0.4 is 10.5 Å². The predicted octanol–water partition coefficient (Wildman–Crippen LogP) is 3.65. The zero-order valence-corrected chi connectivity index (χ0v) is 18.4. The molecule has 0 saturated carbocycles. The Bertz CT molecular complexity index is 1330. The van der Waals surface area contributed by atoms with Gasteiger partial charge >= 0.3 is 5.63 Å². The second kappa shape index (κ2) is 7.50. The molecule has 1 aliphatic rings. The van der Waals surface area contributed by atoms with Crippen LogP contribution in [0.2, 0.25) is 0 Å². The smallest absolute Gasteiger partial charge is 0.344 e. The van der Waals surface area contributed by atoms with Gasteiger partial charge in [0, 0.05) is 50.3 Å². The van der Waals surface area contributed by atoms with Crippen LogP contribution in [0.1, 0.15) is 25.2 Å². The van der Waals surface area contributed by atoms with Crippen molar-refractivity contribution < 1.29 is 4.42 Å². The maximum atomic E-state index is 12.8. The first-order valence-corrected chi connectivity index (χ1v) is 10.8. The summed E-state index contributed by atoms with van der Waals surface area (Å²) in [6.45, 7) is 12.3. The minimum absolute atomic E-state index is 0.335. The highest BCUT2D eigenvalue weighted by molar-refractivity contribution is 5.87. The minimum atomic E-state index is -0.335. The van der Waals surface area contributed by atoms with Crippen LogP contribution in [0.15, 0.2) is 45.9 Å². The number of nitrogens with zero attached hydrogens (tertiary/aromatic N) is 5. The van der Waals surface area contributed by atoms with Crippen molar-refractivity contribution in [3.05, 3.63) is 58.5 Å². The fourth-order valence-corrected chi connectivity index (χ4v) is 4.42. The lowest BCUT2D eigenvalue weighted by molar-refractivity contribution is 0.209. The Morgan fingerprint density at radius 3 is 2.52 bits per heavy atom. The summed E-state index contributed by atoms with van der Waals surface area (Å²) in [6, 6.07) is 8.52. The van der Waals surface area contributed by atoms with Crippen molar-refractivity contribution in [3.63, 3.8) is 0 Å². The SMILES string of the molecule is Cc1cn2cc(-c3cc4ccc(N5CCN(C(C)C)CC5)cc4c(=O)o3)nc2c(C)n1. The molecule has 31 heavy (non-hydrogen) atoms. The summed E-state index contributed by atoms with van der Waals surface area (Å²) >= 11 is 0. The number of anilines is 1. The van der Waals surface area contributed by atoms with Gasteiger partial charge in [-0.25, -0.2) is 9.78 Å². The molecule has 3 aromatic heterocycles. The molecular formula is C24H27N5O2. The molecule has 4 heterocycles. The van der Waals surface area contributed by atoms with E-state index >= 15 is 0 Å². The van der Waals surface area contributed by atoms with Crippen LogP contribution >= 0.6 is 0 Å². The molecule has 1 aliphatic heterocycles. The molecule has 1 aromatic carbocycles. The Balaban J connectivity index is 1.49. The molecule has 0 bridgehead atoms. The Morgan fingerprint density at radius 2 is 1.77 bits per heavy atom. The van der Waals surface area contributed by atoms with Crippen molar-refractivity contribution in [3.8, 4) is 11.5 Å². The average Bonchev–Trinajstić information content (AvgIpc) is 3.18. The topological polar surface area (TPSA) is 66.9 Å². The van der Waals surface area contributed by atoms with E-state index in [9.17, 15) is 4.79 Å². The van der Waals surface area contributed by atoms with Crippen LogP contribution in [0.5, 0.6) is 0 Å². The van der Waals surface area contributed by atoms with E-state index < -0.39 is 0 Å². The van der Waals surface area contributed by atoms with E-state index in [0.717, 1.165) is 54.3 Å². The Labute approximate surface area is 180 Å². The highest BCUT2D eigenvalue weighted by atomic mass is 16.4. The monoisotopic (exact) mass is 417 g/mol. The molecule has 160 valence electrons. The third-order valence-corrected chi connectivity index (χ3v) is 6.13. The number of hydrogen-bond acceptors (Lipinski definition) is 6. The number of rotatable bonds is 3. The molecule has 4 aromatic rings. The van der Waals surface area contributed by atoms with Crippen LogP contribution in [0.4, 0.5) is 5.69 Å². The second-order valence-electron chi connectivity index (χ2n) is 8.61. The molecule has 0 N–H and O–H groups in total. The van der Waals surface area contributed by atoms with Crippen molar-refractivity contribution in [1.82, 2.24) is 19.3 Å². The Kier molecular flexibility index (Phi) is 4.78. The van der Waals surface area contributed by atoms with Crippen LogP contribution in [0.25, 0.3) is 27.9 Å². The van der Waals surface area contributed by atoms with Crippen LogP contribution in [0, 0.1) is 13.8 Å². The third kappa shape index (κ3) is 3.59. The van der Waals surface area contributed by atoms with E-state index in [1.807, 2.05) is 48.8 Å². The fraction of sp³-hybridized carbons (Fsp3) is 0.375. The number of fused-ring (bicyclic) bond motifs is 2. The van der Waals surface area contributed by atoms with Gasteiger partial charge in [-0.05, 0) is 51.3 Å². The molecule has 5 rings (SSSR count). The lowest BCUT2D eigenvalue weighted by Gasteiger charge is -2.38. The van der Waals surface area contributed by atoms with Gasteiger partial charge in [0.25, 0.3) is 0 Å². The zero-order valence-electron chi connectivity index (χ0n) is 18.4. The Morgan fingerprint density at radius 1 is 1.00 bits per heavy atom. The molecule has 0 aliphatic carbocycles. The first kappa shape index (κ1) is 19.8. The van der Waals surface area contributed by atoms with Gasteiger partial charge in [-0.1, -0.05) is 6.07 Å². The highest BCUT2D eigenvalue weighted by Gasteiger charge is 2.20. The van der Waals surface area contributed by atoms with Crippen LogP contribution in [-0.2, 0) is 0 Å². The van der Waals surface area contributed by atoms with Crippen molar-refractivity contribution in [1.29, 1.82) is 0 Å². The summed E-state index contributed by atoms with van der Waals surface area (Å²) in [4.78, 5) is 26.8. The van der Waals surface area contributed by atoms with E-state index in [0.29, 0.717) is 22.9 Å². The molecular weight excluding hydrogens is 390 g/mol. The highest BCUT2D eigenvalue weighted by Crippen LogP contribution is 2.26. The van der Waals surface area contributed by atoms with Gasteiger partial charge in [-0.15, -0.1) is 0 Å². The van der Waals surface area contributed by atoms with E-state index in [4.69, 9.17) is 4.42 Å². The minimum Gasteiger partial charge on any atom is -0.421 e. The molecule has 0 amide bonds. The van der Waals surface area contributed by atoms with Gasteiger partial charge in [-0.2, -0.15) is 0 Å². The summed E-state index contributed by atoms with van der Waals surface area (Å²) in [5.74, 6) is 0.469. The van der Waals surface area contributed by atoms with Crippen molar-refractivity contribution in [2.45, 2.75) is 33.7 Å². The normalized spacial score (nSPS) is 15.5. The number of hydrogen-bond donors (Lipinski definition) is 0. The van der Waals surface area contributed by atoms with Gasteiger partial charge < -0.3 is 13.7 Å². The molecule has 7 nitrogen and oxygen atoms in total. The number of aromatic nitrogens is 3. The van der Waals surface area contributed by atoms with Crippen LogP contribution in [-0.4, -0.2) is 51.5 Å². The summed E-state index contributed by atoms with van der Waals surface area (Å²) < 4.78 is 7.62. The van der Waals surface area contributed by atoms with Crippen LogP contribution in [0.3, 0.4) is 0 Å². The molecule has 0 atom stereocenters. The maximum absolute atomic E-state index is 12.8. The summed E-state index contributed by atoms with van der Waals surface area (Å²) in [7, 11) is 0. The molecule has 1 fully saturated rings. The molecule has 7 heteroatoms. The summed E-state index contributed by atoms with van der Waals surface area (Å²) in [5, 5.41) is 1.46. The largest absolute Gasteiger partial charge is 0.421 e.